The van der Waals surface area contributed by atoms with E-state index in [1.54, 1.807) is 0 Å². The van der Waals surface area contributed by atoms with Crippen molar-refractivity contribution in [1.82, 2.24) is 0 Å². The molecular weight excluding hydrogens is 176 g/mol. The summed E-state index contributed by atoms with van der Waals surface area (Å²) in [5.41, 5.74) is 0. The van der Waals surface area contributed by atoms with Crippen molar-refractivity contribution in [3.05, 3.63) is 0 Å². The zero-order chi connectivity index (χ0) is 9.42. The SMILES string of the molecule is CC(=O)O[C@@H]1CO[C@H]2OC(=O)C[C@H]21. The van der Waals surface area contributed by atoms with E-state index in [-0.39, 0.29) is 30.4 Å². The standard InChI is InChI=1S/C8H10O5/c1-4(9)12-6-3-11-8-5(6)2-7(10)13-8/h5-6,8H,2-3H2,1H3/t5-,6+,8-/m0/s1. The van der Waals surface area contributed by atoms with Crippen LogP contribution in [0.5, 0.6) is 0 Å². The molecule has 0 unspecified atom stereocenters. The molecule has 0 radical (unpaired) electrons. The Morgan fingerprint density at radius 1 is 1.62 bits per heavy atom. The molecule has 72 valence electrons. The van der Waals surface area contributed by atoms with Gasteiger partial charge in [0.15, 0.2) is 0 Å². The maximum atomic E-state index is 10.8. The first-order chi connectivity index (χ1) is 6.16. The van der Waals surface area contributed by atoms with Crippen LogP contribution in [0.4, 0.5) is 0 Å². The Balaban J connectivity index is 2.00. The van der Waals surface area contributed by atoms with Gasteiger partial charge in [0.1, 0.15) is 6.10 Å². The lowest BCUT2D eigenvalue weighted by Crippen LogP contribution is -2.25. The molecule has 0 spiro atoms. The summed E-state index contributed by atoms with van der Waals surface area (Å²) in [6.07, 6.45) is -0.548. The Morgan fingerprint density at radius 2 is 2.38 bits per heavy atom. The van der Waals surface area contributed by atoms with Crippen molar-refractivity contribution >= 4 is 11.9 Å². The molecule has 0 amide bonds. The first-order valence-electron chi connectivity index (χ1n) is 4.15. The number of carbonyl (C=O) groups excluding carboxylic acids is 2. The van der Waals surface area contributed by atoms with E-state index < -0.39 is 6.29 Å². The number of hydrogen-bond donors (Lipinski definition) is 0. The highest BCUT2D eigenvalue weighted by Gasteiger charge is 2.47. The molecule has 2 aliphatic heterocycles. The molecule has 0 N–H and O–H groups in total. The van der Waals surface area contributed by atoms with Gasteiger partial charge in [-0.1, -0.05) is 0 Å². The fourth-order valence-electron chi connectivity index (χ4n) is 1.67. The Hall–Kier alpha value is -1.10. The van der Waals surface area contributed by atoms with Crippen LogP contribution in [0.15, 0.2) is 0 Å². The molecule has 13 heavy (non-hydrogen) atoms. The van der Waals surface area contributed by atoms with Gasteiger partial charge in [0.2, 0.25) is 6.29 Å². The highest BCUT2D eigenvalue weighted by molar-refractivity contribution is 5.72. The molecule has 3 atom stereocenters. The van der Waals surface area contributed by atoms with E-state index in [1.807, 2.05) is 0 Å². The molecule has 0 saturated carbocycles. The predicted octanol–water partition coefficient (Wildman–Crippen LogP) is -0.163. The van der Waals surface area contributed by atoms with Crippen LogP contribution in [-0.2, 0) is 23.8 Å². The monoisotopic (exact) mass is 186 g/mol. The molecule has 0 bridgehead atoms. The molecule has 0 aliphatic carbocycles. The van der Waals surface area contributed by atoms with Gasteiger partial charge in [-0.15, -0.1) is 0 Å². The van der Waals surface area contributed by atoms with Gasteiger partial charge >= 0.3 is 11.9 Å². The zero-order valence-corrected chi connectivity index (χ0v) is 7.19. The van der Waals surface area contributed by atoms with Gasteiger partial charge in [0.05, 0.1) is 18.9 Å². The summed E-state index contributed by atoms with van der Waals surface area (Å²) < 4.78 is 15.0. The highest BCUT2D eigenvalue weighted by Crippen LogP contribution is 2.33. The molecule has 2 rings (SSSR count). The molecule has 2 fully saturated rings. The van der Waals surface area contributed by atoms with Crippen molar-refractivity contribution in [3.8, 4) is 0 Å². The smallest absolute Gasteiger partial charge is 0.308 e. The van der Waals surface area contributed by atoms with E-state index in [0.717, 1.165) is 0 Å². The Kier molecular flexibility index (Phi) is 1.95. The van der Waals surface area contributed by atoms with Crippen molar-refractivity contribution < 1.29 is 23.8 Å². The summed E-state index contributed by atoms with van der Waals surface area (Å²) in [7, 11) is 0. The van der Waals surface area contributed by atoms with Gasteiger partial charge in [-0.25, -0.2) is 0 Å². The van der Waals surface area contributed by atoms with Crippen LogP contribution in [0, 0.1) is 5.92 Å². The zero-order valence-electron chi connectivity index (χ0n) is 7.19. The molecule has 2 heterocycles. The molecular formula is C8H10O5. The van der Waals surface area contributed by atoms with Crippen LogP contribution in [0.25, 0.3) is 0 Å². The maximum absolute atomic E-state index is 10.8. The van der Waals surface area contributed by atoms with E-state index >= 15 is 0 Å². The van der Waals surface area contributed by atoms with Crippen molar-refractivity contribution in [1.29, 1.82) is 0 Å². The third kappa shape index (κ3) is 1.51. The molecule has 0 aromatic rings. The maximum Gasteiger partial charge on any atom is 0.308 e. The number of fused-ring (bicyclic) bond motifs is 1. The van der Waals surface area contributed by atoms with Crippen LogP contribution in [-0.4, -0.2) is 30.9 Å². The van der Waals surface area contributed by atoms with Crippen molar-refractivity contribution in [2.45, 2.75) is 25.7 Å². The number of rotatable bonds is 1. The van der Waals surface area contributed by atoms with E-state index in [4.69, 9.17) is 14.2 Å². The summed E-state index contributed by atoms with van der Waals surface area (Å²) in [5.74, 6) is -0.753. The number of carbonyl (C=O) groups is 2. The highest BCUT2D eigenvalue weighted by atomic mass is 16.7. The Morgan fingerprint density at radius 3 is 3.08 bits per heavy atom. The topological polar surface area (TPSA) is 61.8 Å². The van der Waals surface area contributed by atoms with Crippen LogP contribution in [0.3, 0.4) is 0 Å². The lowest BCUT2D eigenvalue weighted by molar-refractivity contribution is -0.159. The quantitative estimate of drug-likeness (QED) is 0.532. The molecule has 5 nitrogen and oxygen atoms in total. The molecule has 5 heteroatoms. The van der Waals surface area contributed by atoms with E-state index in [2.05, 4.69) is 0 Å². The van der Waals surface area contributed by atoms with Crippen LogP contribution >= 0.6 is 0 Å². The number of esters is 2. The third-order valence-electron chi connectivity index (χ3n) is 2.22. The first kappa shape index (κ1) is 8.50. The van der Waals surface area contributed by atoms with E-state index in [1.165, 1.54) is 6.92 Å². The van der Waals surface area contributed by atoms with Gasteiger partial charge in [-0.3, -0.25) is 9.59 Å². The van der Waals surface area contributed by atoms with Crippen molar-refractivity contribution in [3.63, 3.8) is 0 Å². The van der Waals surface area contributed by atoms with Crippen LogP contribution in [0.1, 0.15) is 13.3 Å². The second kappa shape index (κ2) is 2.99. The van der Waals surface area contributed by atoms with Gasteiger partial charge < -0.3 is 14.2 Å². The molecule has 0 aromatic heterocycles. The molecule has 2 saturated heterocycles. The van der Waals surface area contributed by atoms with E-state index in [9.17, 15) is 9.59 Å². The minimum atomic E-state index is -0.503. The Labute approximate surface area is 74.9 Å². The van der Waals surface area contributed by atoms with Crippen molar-refractivity contribution in [2.75, 3.05) is 6.61 Å². The normalized spacial score (nSPS) is 37.0. The molecule has 2 aliphatic rings. The number of ether oxygens (including phenoxy) is 3. The summed E-state index contributed by atoms with van der Waals surface area (Å²) in [6.45, 7) is 1.66. The predicted molar refractivity (Wildman–Crippen MR) is 39.5 cm³/mol. The minimum Gasteiger partial charge on any atom is -0.460 e. The summed E-state index contributed by atoms with van der Waals surface area (Å²) in [6, 6.07) is 0. The summed E-state index contributed by atoms with van der Waals surface area (Å²) >= 11 is 0. The van der Waals surface area contributed by atoms with E-state index in [0.29, 0.717) is 6.61 Å². The first-order valence-corrected chi connectivity index (χ1v) is 4.15. The molecule has 0 aromatic carbocycles. The van der Waals surface area contributed by atoms with Gasteiger partial charge in [-0.2, -0.15) is 0 Å². The Bertz CT molecular complexity index is 249. The largest absolute Gasteiger partial charge is 0.460 e. The lowest BCUT2D eigenvalue weighted by Gasteiger charge is -2.12. The number of hydrogen-bond acceptors (Lipinski definition) is 5. The van der Waals surface area contributed by atoms with Gasteiger partial charge in [0, 0.05) is 6.92 Å². The average molecular weight is 186 g/mol. The van der Waals surface area contributed by atoms with Crippen molar-refractivity contribution in [2.24, 2.45) is 5.92 Å². The second-order valence-electron chi connectivity index (χ2n) is 3.21. The second-order valence-corrected chi connectivity index (χ2v) is 3.21. The lowest BCUT2D eigenvalue weighted by atomic mass is 10.0. The average Bonchev–Trinajstić information content (AvgIpc) is 2.51. The van der Waals surface area contributed by atoms with Gasteiger partial charge in [0.25, 0.3) is 0 Å². The summed E-state index contributed by atoms with van der Waals surface area (Å²) in [5, 5.41) is 0. The third-order valence-corrected chi connectivity index (χ3v) is 2.22. The fourth-order valence-corrected chi connectivity index (χ4v) is 1.67. The van der Waals surface area contributed by atoms with Crippen LogP contribution in [0.2, 0.25) is 0 Å². The fraction of sp³-hybridized carbons (Fsp3) is 0.750. The van der Waals surface area contributed by atoms with Crippen LogP contribution < -0.4 is 0 Å². The summed E-state index contributed by atoms with van der Waals surface area (Å²) in [4.78, 5) is 21.5. The van der Waals surface area contributed by atoms with Gasteiger partial charge in [-0.05, 0) is 0 Å². The minimum absolute atomic E-state index is 0.114.